The topological polar surface area (TPSA) is 110 Å². The van der Waals surface area contributed by atoms with Gasteiger partial charge in [-0.2, -0.15) is 0 Å². The van der Waals surface area contributed by atoms with Gasteiger partial charge in [0.15, 0.2) is 0 Å². The van der Waals surface area contributed by atoms with Crippen molar-refractivity contribution in [1.29, 1.82) is 0 Å². The van der Waals surface area contributed by atoms with Crippen molar-refractivity contribution in [1.82, 2.24) is 15.4 Å². The maximum absolute atomic E-state index is 10.7. The van der Waals surface area contributed by atoms with Crippen molar-refractivity contribution in [3.63, 3.8) is 0 Å². The largest absolute Gasteiger partial charge is 0.481 e. The molecule has 4 N–H and O–H groups in total. The van der Waals surface area contributed by atoms with Gasteiger partial charge in [-0.05, 0) is 23.1 Å². The number of fused-ring (bicyclic) bond motifs is 1. The molecule has 0 saturated heterocycles. The van der Waals surface area contributed by atoms with Gasteiger partial charge in [0.1, 0.15) is 0 Å². The summed E-state index contributed by atoms with van der Waals surface area (Å²) in [6.45, 7) is 0.278. The first kappa shape index (κ1) is 20.6. The molecule has 0 radical (unpaired) electrons. The Morgan fingerprint density at radius 2 is 1.90 bits per heavy atom. The maximum Gasteiger partial charge on any atom is 0.303 e. The average Bonchev–Trinajstić information content (AvgIpc) is 2.78. The first-order valence-electron chi connectivity index (χ1n) is 10.2. The molecule has 0 aliphatic heterocycles. The molecule has 0 bridgehead atoms. The zero-order chi connectivity index (χ0) is 21.6. The minimum atomic E-state index is -0.840. The summed E-state index contributed by atoms with van der Waals surface area (Å²) in [6, 6.07) is 18.6. The number of hydrogen-bond acceptors (Lipinski definition) is 6. The van der Waals surface area contributed by atoms with E-state index in [1.807, 2.05) is 30.3 Å². The quantitative estimate of drug-likeness (QED) is 0.378. The molecule has 1 aliphatic carbocycles. The van der Waals surface area contributed by atoms with Crippen LogP contribution in [0.25, 0.3) is 16.8 Å². The van der Waals surface area contributed by atoms with Crippen LogP contribution in [0.3, 0.4) is 0 Å². The van der Waals surface area contributed by atoms with Crippen molar-refractivity contribution in [2.45, 2.75) is 25.2 Å². The molecule has 2 aromatic carbocycles. The minimum absolute atomic E-state index is 0.0586. The second-order valence-electron chi connectivity index (χ2n) is 7.38. The lowest BCUT2D eigenvalue weighted by Gasteiger charge is -2.25. The van der Waals surface area contributed by atoms with E-state index in [-0.39, 0.29) is 24.9 Å². The van der Waals surface area contributed by atoms with E-state index in [4.69, 9.17) is 15.7 Å². The van der Waals surface area contributed by atoms with E-state index in [9.17, 15) is 4.79 Å². The number of nitrogens with two attached hydrogens (primary N) is 1. The third-order valence-corrected chi connectivity index (χ3v) is 5.22. The van der Waals surface area contributed by atoms with Crippen LogP contribution in [-0.4, -0.2) is 27.7 Å². The zero-order valence-corrected chi connectivity index (χ0v) is 17.0. The highest BCUT2D eigenvalue weighted by Gasteiger charge is 2.25. The molecule has 1 aromatic heterocycles. The summed E-state index contributed by atoms with van der Waals surface area (Å²) in [5.74, 6) is -0.548. The van der Waals surface area contributed by atoms with Gasteiger partial charge in [-0.25, -0.2) is 9.97 Å². The SMILES string of the molecule is Nc1ncc2c(n1)CC(c1ccccc1-c1ccccc1)C=C2NOCCCC(=O)O. The number of aliphatic carboxylic acids is 1. The fourth-order valence-corrected chi connectivity index (χ4v) is 3.79. The summed E-state index contributed by atoms with van der Waals surface area (Å²) in [7, 11) is 0. The van der Waals surface area contributed by atoms with Crippen LogP contribution in [0.4, 0.5) is 5.95 Å². The van der Waals surface area contributed by atoms with Gasteiger partial charge in [-0.15, -0.1) is 0 Å². The molecule has 7 heteroatoms. The number of allylic oxidation sites excluding steroid dienone is 1. The van der Waals surface area contributed by atoms with E-state index in [1.165, 1.54) is 5.56 Å². The normalized spacial score (nSPS) is 15.1. The van der Waals surface area contributed by atoms with Crippen LogP contribution in [0.5, 0.6) is 0 Å². The number of benzene rings is 2. The molecular weight excluding hydrogens is 392 g/mol. The van der Waals surface area contributed by atoms with Gasteiger partial charge in [0.05, 0.1) is 18.0 Å². The molecule has 0 saturated carbocycles. The standard InChI is InChI=1S/C24H24N4O3/c25-24-26-15-20-21(27-24)13-17(14-22(20)28-31-12-6-11-23(29)30)19-10-5-4-9-18(19)16-7-2-1-3-8-16/h1-5,7-10,14-15,17,28H,6,11-13H2,(H,29,30)(H2,25,26,27). The Morgan fingerprint density at radius 3 is 2.71 bits per heavy atom. The molecule has 1 heterocycles. The highest BCUT2D eigenvalue weighted by Crippen LogP contribution is 2.37. The van der Waals surface area contributed by atoms with Crippen molar-refractivity contribution in [2.24, 2.45) is 0 Å². The van der Waals surface area contributed by atoms with Crippen LogP contribution in [0.1, 0.15) is 35.6 Å². The summed E-state index contributed by atoms with van der Waals surface area (Å²) < 4.78 is 0. The van der Waals surface area contributed by atoms with Crippen molar-refractivity contribution in [3.8, 4) is 11.1 Å². The third kappa shape index (κ3) is 4.90. The fraction of sp³-hybridized carbons (Fsp3) is 0.208. The molecule has 0 fully saturated rings. The molecule has 158 valence electrons. The highest BCUT2D eigenvalue weighted by molar-refractivity contribution is 5.73. The number of nitrogens with zero attached hydrogens (tertiary/aromatic N) is 2. The van der Waals surface area contributed by atoms with Crippen LogP contribution in [-0.2, 0) is 16.1 Å². The van der Waals surface area contributed by atoms with Gasteiger partial charge in [-0.1, -0.05) is 60.7 Å². The van der Waals surface area contributed by atoms with Crippen molar-refractivity contribution in [2.75, 3.05) is 12.3 Å². The molecular formula is C24H24N4O3. The minimum Gasteiger partial charge on any atom is -0.481 e. The molecule has 1 aliphatic rings. The number of nitrogen functional groups attached to an aromatic ring is 1. The summed E-state index contributed by atoms with van der Waals surface area (Å²) in [4.78, 5) is 24.8. The number of nitrogens with one attached hydrogen (secondary N) is 1. The lowest BCUT2D eigenvalue weighted by Crippen LogP contribution is -2.22. The molecule has 0 amide bonds. The molecule has 0 spiro atoms. The summed E-state index contributed by atoms with van der Waals surface area (Å²) >= 11 is 0. The van der Waals surface area contributed by atoms with Crippen LogP contribution < -0.4 is 11.2 Å². The van der Waals surface area contributed by atoms with Gasteiger partial charge in [0.25, 0.3) is 0 Å². The molecule has 1 atom stereocenters. The summed E-state index contributed by atoms with van der Waals surface area (Å²) in [5.41, 5.74) is 14.8. The fourth-order valence-electron chi connectivity index (χ4n) is 3.79. The Morgan fingerprint density at radius 1 is 1.13 bits per heavy atom. The Kier molecular flexibility index (Phi) is 6.24. The molecule has 7 nitrogen and oxygen atoms in total. The van der Waals surface area contributed by atoms with E-state index in [0.717, 1.165) is 28.1 Å². The zero-order valence-electron chi connectivity index (χ0n) is 17.0. The first-order chi connectivity index (χ1) is 15.1. The number of aromatic nitrogens is 2. The molecule has 4 rings (SSSR count). The van der Waals surface area contributed by atoms with E-state index < -0.39 is 5.97 Å². The smallest absolute Gasteiger partial charge is 0.303 e. The van der Waals surface area contributed by atoms with Crippen molar-refractivity contribution >= 4 is 17.6 Å². The average molecular weight is 416 g/mol. The van der Waals surface area contributed by atoms with Crippen molar-refractivity contribution < 1.29 is 14.7 Å². The van der Waals surface area contributed by atoms with Crippen LogP contribution in [0.2, 0.25) is 0 Å². The molecule has 3 aromatic rings. The number of carboxylic acids is 1. The number of hydrogen-bond donors (Lipinski definition) is 3. The monoisotopic (exact) mass is 416 g/mol. The van der Waals surface area contributed by atoms with Gasteiger partial charge in [-0.3, -0.25) is 15.1 Å². The van der Waals surface area contributed by atoms with Gasteiger partial charge >= 0.3 is 5.97 Å². The number of carbonyl (C=O) groups is 1. The summed E-state index contributed by atoms with van der Waals surface area (Å²) in [6.07, 6.45) is 4.97. The second kappa shape index (κ2) is 9.40. The van der Waals surface area contributed by atoms with Crippen LogP contribution in [0.15, 0.2) is 66.9 Å². The first-order valence-corrected chi connectivity index (χ1v) is 10.2. The van der Waals surface area contributed by atoms with Crippen LogP contribution >= 0.6 is 0 Å². The van der Waals surface area contributed by atoms with Gasteiger partial charge in [0, 0.05) is 30.5 Å². The van der Waals surface area contributed by atoms with E-state index in [1.54, 1.807) is 6.20 Å². The van der Waals surface area contributed by atoms with E-state index in [2.05, 4.69) is 45.8 Å². The third-order valence-electron chi connectivity index (χ3n) is 5.22. The number of hydroxylamine groups is 1. The highest BCUT2D eigenvalue weighted by atomic mass is 16.6. The Labute approximate surface area is 180 Å². The predicted molar refractivity (Wildman–Crippen MR) is 119 cm³/mol. The van der Waals surface area contributed by atoms with E-state index in [0.29, 0.717) is 12.8 Å². The predicted octanol–water partition coefficient (Wildman–Crippen LogP) is 3.79. The van der Waals surface area contributed by atoms with E-state index >= 15 is 0 Å². The number of rotatable bonds is 8. The Bertz CT molecular complexity index is 1100. The second-order valence-corrected chi connectivity index (χ2v) is 7.38. The van der Waals surface area contributed by atoms with Crippen LogP contribution in [0, 0.1) is 0 Å². The Hall–Kier alpha value is -3.71. The lowest BCUT2D eigenvalue weighted by atomic mass is 9.83. The molecule has 1 unspecified atom stereocenters. The van der Waals surface area contributed by atoms with Gasteiger partial charge in [0.2, 0.25) is 5.95 Å². The van der Waals surface area contributed by atoms with Gasteiger partial charge < -0.3 is 10.8 Å². The number of carboxylic acid groups (broad SMARTS) is 1. The number of anilines is 1. The Balaban J connectivity index is 1.64. The van der Waals surface area contributed by atoms with Crippen molar-refractivity contribution in [3.05, 3.63) is 83.7 Å². The maximum atomic E-state index is 10.7. The lowest BCUT2D eigenvalue weighted by molar-refractivity contribution is -0.137. The summed E-state index contributed by atoms with van der Waals surface area (Å²) in [5, 5.41) is 8.78. The molecule has 31 heavy (non-hydrogen) atoms.